The molecule has 0 unspecified atom stereocenters. The smallest absolute Gasteiger partial charge is 0.362 e. The van der Waals surface area contributed by atoms with Gasteiger partial charge in [-0.25, -0.2) is 15.0 Å². The second-order valence-corrected chi connectivity index (χ2v) is 7.70. The molecule has 1 heterocycles. The number of nitrogens with zero attached hydrogens (tertiary/aromatic N) is 2. The van der Waals surface area contributed by atoms with Crippen LogP contribution in [0, 0.1) is 0 Å². The highest BCUT2D eigenvalue weighted by Gasteiger charge is 2.35. The van der Waals surface area contributed by atoms with Crippen molar-refractivity contribution in [3.63, 3.8) is 0 Å². The summed E-state index contributed by atoms with van der Waals surface area (Å²) in [5.74, 6) is 0.0298. The van der Waals surface area contributed by atoms with Crippen molar-refractivity contribution in [3.8, 4) is 0 Å². The summed E-state index contributed by atoms with van der Waals surface area (Å²) in [5, 5.41) is 24.2. The van der Waals surface area contributed by atoms with Gasteiger partial charge in [0.05, 0.1) is 29.0 Å². The monoisotopic (exact) mass is 359 g/mol. The van der Waals surface area contributed by atoms with Gasteiger partial charge in [-0.1, -0.05) is 18.2 Å². The van der Waals surface area contributed by atoms with E-state index in [4.69, 9.17) is 4.84 Å². The minimum Gasteiger partial charge on any atom is -0.390 e. The van der Waals surface area contributed by atoms with Gasteiger partial charge in [-0.05, 0) is 45.7 Å². The van der Waals surface area contributed by atoms with E-state index in [1.165, 1.54) is 0 Å². The van der Waals surface area contributed by atoms with Crippen LogP contribution in [0.3, 0.4) is 0 Å². The van der Waals surface area contributed by atoms with Crippen LogP contribution in [0.2, 0.25) is 0 Å². The van der Waals surface area contributed by atoms with Crippen LogP contribution in [0.1, 0.15) is 55.6 Å². The molecule has 3 N–H and O–H groups in total. The number of benzene rings is 1. The van der Waals surface area contributed by atoms with Gasteiger partial charge in [-0.2, -0.15) is 5.10 Å². The topological polar surface area (TPSA) is 96.6 Å². The van der Waals surface area contributed by atoms with E-state index in [-0.39, 0.29) is 11.5 Å². The molecule has 3 atom stereocenters. The molecule has 2 aromatic rings. The van der Waals surface area contributed by atoms with Crippen molar-refractivity contribution >= 4 is 11.8 Å². The fourth-order valence-corrected chi connectivity index (χ4v) is 3.15. The van der Waals surface area contributed by atoms with Gasteiger partial charge in [0, 0.05) is 12.0 Å². The predicted octanol–water partition coefficient (Wildman–Crippen LogP) is 2.42. The molecule has 1 aliphatic carbocycles. The highest BCUT2D eigenvalue weighted by atomic mass is 16.7. The van der Waals surface area contributed by atoms with Crippen LogP contribution in [0.4, 0.5) is 5.82 Å². The Balaban J connectivity index is 1.78. The maximum absolute atomic E-state index is 12.1. The lowest BCUT2D eigenvalue weighted by molar-refractivity contribution is 0.0438. The van der Waals surface area contributed by atoms with E-state index in [0.717, 1.165) is 5.69 Å². The molecular formula is C19H25N3O4. The van der Waals surface area contributed by atoms with Gasteiger partial charge in [0.2, 0.25) is 0 Å². The highest BCUT2D eigenvalue weighted by Crippen LogP contribution is 2.36. The zero-order valence-electron chi connectivity index (χ0n) is 15.2. The summed E-state index contributed by atoms with van der Waals surface area (Å²) in [7, 11) is 0. The number of aliphatic hydroxyl groups excluding tert-OH is 2. The normalized spacial score (nSPS) is 23.0. The minimum absolute atomic E-state index is 0.0334. The molecule has 7 nitrogen and oxygen atoms in total. The molecule has 1 fully saturated rings. The van der Waals surface area contributed by atoms with Crippen molar-refractivity contribution in [1.29, 1.82) is 0 Å². The van der Waals surface area contributed by atoms with E-state index >= 15 is 0 Å². The maximum Gasteiger partial charge on any atom is 0.362 e. The number of aromatic nitrogens is 2. The number of hydrogen-bond acceptors (Lipinski definition) is 6. The lowest BCUT2D eigenvalue weighted by atomic mass is 10.0. The van der Waals surface area contributed by atoms with Crippen molar-refractivity contribution < 1.29 is 19.8 Å². The molecule has 0 spiro atoms. The first-order valence-corrected chi connectivity index (χ1v) is 8.74. The minimum atomic E-state index is -0.730. The Kier molecular flexibility index (Phi) is 5.02. The molecule has 7 heteroatoms. The lowest BCUT2D eigenvalue weighted by Crippen LogP contribution is -2.26. The molecule has 0 amide bonds. The van der Waals surface area contributed by atoms with E-state index in [2.05, 4.69) is 10.6 Å². The fraction of sp³-hybridized carbons (Fsp3) is 0.474. The lowest BCUT2D eigenvalue weighted by Gasteiger charge is -2.22. The average molecular weight is 359 g/mol. The summed E-state index contributed by atoms with van der Waals surface area (Å²) < 4.78 is 1.75. The Morgan fingerprint density at radius 3 is 2.38 bits per heavy atom. The first kappa shape index (κ1) is 18.4. The van der Waals surface area contributed by atoms with Crippen LogP contribution in [0.15, 0.2) is 36.4 Å². The molecule has 1 saturated carbocycles. The number of carbonyl (C=O) groups is 1. The van der Waals surface area contributed by atoms with Gasteiger partial charge in [0.25, 0.3) is 0 Å². The Bertz CT molecular complexity index is 757. The number of nitrogens with one attached hydrogen (secondary N) is 1. The molecule has 0 aliphatic heterocycles. The number of aliphatic hydroxyl groups is 2. The summed E-state index contributed by atoms with van der Waals surface area (Å²) in [6.45, 7) is 5.98. The van der Waals surface area contributed by atoms with Crippen LogP contribution < -0.4 is 5.48 Å². The van der Waals surface area contributed by atoms with Crippen molar-refractivity contribution in [2.45, 2.75) is 57.3 Å². The van der Waals surface area contributed by atoms with Gasteiger partial charge in [-0.15, -0.1) is 0 Å². The molecule has 0 saturated heterocycles. The van der Waals surface area contributed by atoms with Crippen molar-refractivity contribution in [2.24, 2.45) is 0 Å². The molecule has 1 aromatic heterocycles. The predicted molar refractivity (Wildman–Crippen MR) is 96.7 cm³/mol. The van der Waals surface area contributed by atoms with Crippen LogP contribution in [0.5, 0.6) is 0 Å². The van der Waals surface area contributed by atoms with Gasteiger partial charge < -0.3 is 15.1 Å². The Morgan fingerprint density at radius 2 is 1.81 bits per heavy atom. The quantitative estimate of drug-likeness (QED) is 0.726. The number of anilines is 1. The van der Waals surface area contributed by atoms with Crippen LogP contribution in [-0.2, 0) is 10.4 Å². The molecule has 26 heavy (non-hydrogen) atoms. The van der Waals surface area contributed by atoms with E-state index < -0.39 is 18.2 Å². The first-order chi connectivity index (χ1) is 12.3. The second-order valence-electron chi connectivity index (χ2n) is 7.70. The van der Waals surface area contributed by atoms with Gasteiger partial charge in [0.1, 0.15) is 0 Å². The third kappa shape index (κ3) is 3.89. The van der Waals surface area contributed by atoms with Crippen LogP contribution in [0.25, 0.3) is 0 Å². The Hall–Kier alpha value is -2.38. The molecule has 1 aromatic carbocycles. The third-order valence-electron chi connectivity index (χ3n) is 4.54. The first-order valence-electron chi connectivity index (χ1n) is 8.74. The number of hydrogen-bond donors (Lipinski definition) is 3. The standard InChI is InChI=1S/C19H25N3O4/c1-19(2,3)22-17(21-26-18(25)12-7-5-4-6-8-12)11-14(20-22)13-9-15(23)16(24)10-13/h4-8,11,13,15-16,21,23-24H,9-10H2,1-3H3/t13-,15+,16-. The SMILES string of the molecule is CC(C)(C)n1nc([C@H]2C[C@@H](O)[C@@H](O)C2)cc1NOC(=O)c1ccccc1. The highest BCUT2D eigenvalue weighted by molar-refractivity contribution is 5.89. The molecule has 140 valence electrons. The molecular weight excluding hydrogens is 334 g/mol. The van der Waals surface area contributed by atoms with Crippen molar-refractivity contribution in [3.05, 3.63) is 47.7 Å². The Labute approximate surface area is 152 Å². The molecule has 1 aliphatic rings. The Morgan fingerprint density at radius 1 is 1.19 bits per heavy atom. The zero-order valence-corrected chi connectivity index (χ0v) is 15.2. The van der Waals surface area contributed by atoms with Gasteiger partial charge in [-0.3, -0.25) is 0 Å². The van der Waals surface area contributed by atoms with E-state index in [1.54, 1.807) is 35.0 Å². The van der Waals surface area contributed by atoms with E-state index in [1.807, 2.05) is 26.8 Å². The summed E-state index contributed by atoms with van der Waals surface area (Å²) in [6, 6.07) is 10.5. The largest absolute Gasteiger partial charge is 0.390 e. The van der Waals surface area contributed by atoms with Gasteiger partial charge >= 0.3 is 5.97 Å². The third-order valence-corrected chi connectivity index (χ3v) is 4.54. The van der Waals surface area contributed by atoms with Crippen LogP contribution in [-0.4, -0.2) is 38.2 Å². The van der Waals surface area contributed by atoms with E-state index in [0.29, 0.717) is 24.2 Å². The summed E-state index contributed by atoms with van der Waals surface area (Å²) in [5.41, 5.74) is 3.58. The van der Waals surface area contributed by atoms with Crippen molar-refractivity contribution in [2.75, 3.05) is 5.48 Å². The second kappa shape index (κ2) is 7.09. The summed E-state index contributed by atoms with van der Waals surface area (Å²) >= 11 is 0. The molecule has 3 rings (SSSR count). The molecule has 0 radical (unpaired) electrons. The molecule has 0 bridgehead atoms. The summed E-state index contributed by atoms with van der Waals surface area (Å²) in [6.07, 6.45) is -0.531. The number of rotatable bonds is 4. The van der Waals surface area contributed by atoms with Gasteiger partial charge in [0.15, 0.2) is 5.82 Å². The van der Waals surface area contributed by atoms with Crippen molar-refractivity contribution in [1.82, 2.24) is 9.78 Å². The fourth-order valence-electron chi connectivity index (χ4n) is 3.15. The number of carbonyl (C=O) groups excluding carboxylic acids is 1. The average Bonchev–Trinajstić information content (AvgIpc) is 3.17. The maximum atomic E-state index is 12.1. The van der Waals surface area contributed by atoms with Crippen LogP contribution >= 0.6 is 0 Å². The van der Waals surface area contributed by atoms with E-state index in [9.17, 15) is 15.0 Å². The zero-order chi connectivity index (χ0) is 18.9. The summed E-state index contributed by atoms with van der Waals surface area (Å²) in [4.78, 5) is 17.4.